The molecule has 0 saturated carbocycles. The van der Waals surface area contributed by atoms with Crippen LogP contribution in [0.4, 0.5) is 0 Å². The Labute approximate surface area is 146 Å². The lowest BCUT2D eigenvalue weighted by molar-refractivity contribution is -0.605. The number of carbonyl (C=O) groups excluding carboxylic acids is 1. The lowest BCUT2D eigenvalue weighted by atomic mass is 10.0. The number of ether oxygens (including phenoxy) is 1. The molecule has 3 heterocycles. The Hall–Kier alpha value is -2.74. The van der Waals surface area contributed by atoms with Gasteiger partial charge in [-0.3, -0.25) is 9.20 Å². The van der Waals surface area contributed by atoms with E-state index >= 15 is 0 Å². The fraction of sp³-hybridized carbons (Fsp3) is 0.294. The van der Waals surface area contributed by atoms with Crippen molar-refractivity contribution < 1.29 is 14.3 Å². The van der Waals surface area contributed by atoms with Crippen LogP contribution in [0.5, 0.6) is 0 Å². The zero-order chi connectivity index (χ0) is 17.4. The van der Waals surface area contributed by atoms with Crippen molar-refractivity contribution in [2.45, 2.75) is 32.3 Å². The molecule has 25 heavy (non-hydrogen) atoms. The second kappa shape index (κ2) is 6.29. The Morgan fingerprint density at radius 3 is 2.88 bits per heavy atom. The van der Waals surface area contributed by atoms with Crippen LogP contribution in [0.3, 0.4) is 0 Å². The highest BCUT2D eigenvalue weighted by Gasteiger charge is 2.19. The van der Waals surface area contributed by atoms with E-state index in [1.165, 1.54) is 46.8 Å². The number of fused-ring (bicyclic) bond motifs is 3. The molecule has 1 aliphatic rings. The molecule has 0 saturated heterocycles. The van der Waals surface area contributed by atoms with Gasteiger partial charge in [-0.2, -0.15) is 4.73 Å². The molecule has 0 atom stereocenters. The summed E-state index contributed by atoms with van der Waals surface area (Å²) >= 11 is 1.53. The molecule has 0 radical (unpaired) electrons. The molecule has 4 rings (SSSR count). The van der Waals surface area contributed by atoms with Crippen molar-refractivity contribution in [2.24, 2.45) is 0 Å². The highest BCUT2D eigenvalue weighted by Crippen LogP contribution is 2.28. The van der Waals surface area contributed by atoms with Crippen LogP contribution in [-0.4, -0.2) is 15.4 Å². The molecule has 0 aromatic carbocycles. The number of aryl methyl sites for hydroxylation is 2. The number of nitrogens with zero attached hydrogens (tertiary/aromatic N) is 3. The smallest absolute Gasteiger partial charge is 0.338 e. The van der Waals surface area contributed by atoms with Gasteiger partial charge in [-0.25, -0.2) is 9.78 Å². The van der Waals surface area contributed by atoms with E-state index < -0.39 is 5.97 Å². The molecule has 0 unspecified atom stereocenters. The highest BCUT2D eigenvalue weighted by atomic mass is 32.1. The fourth-order valence-electron chi connectivity index (χ4n) is 2.99. The summed E-state index contributed by atoms with van der Waals surface area (Å²) in [5, 5.41) is 11.0. The van der Waals surface area contributed by atoms with Crippen molar-refractivity contribution in [1.82, 2.24) is 9.38 Å². The largest absolute Gasteiger partial charge is 0.619 e. The number of pyridine rings is 1. The van der Waals surface area contributed by atoms with Crippen LogP contribution in [0.1, 0.15) is 39.5 Å². The second-order valence-corrected chi connectivity index (χ2v) is 6.97. The van der Waals surface area contributed by atoms with Gasteiger partial charge in [-0.1, -0.05) is 0 Å². The molecule has 0 spiro atoms. The summed E-state index contributed by atoms with van der Waals surface area (Å²) in [5.74, 6) is -0.562. The molecule has 3 aromatic heterocycles. The first kappa shape index (κ1) is 15.8. The van der Waals surface area contributed by atoms with Crippen molar-refractivity contribution in [2.75, 3.05) is 0 Å². The first-order valence-electron chi connectivity index (χ1n) is 8.01. The van der Waals surface area contributed by atoms with Crippen LogP contribution in [0, 0.1) is 5.21 Å². The van der Waals surface area contributed by atoms with Gasteiger partial charge in [0, 0.05) is 28.8 Å². The van der Waals surface area contributed by atoms with E-state index in [0.29, 0.717) is 15.4 Å². The third kappa shape index (κ3) is 3.00. The van der Waals surface area contributed by atoms with Crippen LogP contribution in [0.25, 0.3) is 4.96 Å². The maximum absolute atomic E-state index is 12.4. The Morgan fingerprint density at radius 2 is 2.08 bits per heavy atom. The topological polar surface area (TPSA) is 87.6 Å². The molecule has 1 aliphatic carbocycles. The molecule has 7 nitrogen and oxygen atoms in total. The van der Waals surface area contributed by atoms with E-state index in [9.17, 15) is 14.8 Å². The third-order valence-corrected chi connectivity index (χ3v) is 5.35. The molecular weight excluding hydrogens is 342 g/mol. The molecule has 3 aromatic rings. The molecule has 0 amide bonds. The Bertz CT molecular complexity index is 1010. The maximum Gasteiger partial charge on any atom is 0.338 e. The van der Waals surface area contributed by atoms with Gasteiger partial charge >= 0.3 is 5.97 Å². The quantitative estimate of drug-likeness (QED) is 0.404. The number of thiazole rings is 1. The van der Waals surface area contributed by atoms with Crippen molar-refractivity contribution >= 4 is 22.3 Å². The predicted molar refractivity (Wildman–Crippen MR) is 90.5 cm³/mol. The lowest BCUT2D eigenvalue weighted by Crippen LogP contribution is -2.24. The SMILES string of the molecule is O=C(OCc1cc(=O)n2c3c(sc2n1)CCCC3)c1cc[n+]([O-])cc1. The van der Waals surface area contributed by atoms with Gasteiger partial charge in [-0.05, 0) is 25.7 Å². The van der Waals surface area contributed by atoms with Crippen LogP contribution >= 0.6 is 11.3 Å². The molecule has 0 bridgehead atoms. The summed E-state index contributed by atoms with van der Waals surface area (Å²) < 4.78 is 7.47. The van der Waals surface area contributed by atoms with Gasteiger partial charge in [0.05, 0.1) is 11.3 Å². The summed E-state index contributed by atoms with van der Waals surface area (Å²) in [6, 6.07) is 4.18. The summed E-state index contributed by atoms with van der Waals surface area (Å²) in [4.78, 5) is 30.8. The van der Waals surface area contributed by atoms with Crippen molar-refractivity contribution in [3.05, 3.63) is 68.0 Å². The molecule has 0 fully saturated rings. The minimum absolute atomic E-state index is 0.0839. The average Bonchev–Trinajstić information content (AvgIpc) is 2.99. The van der Waals surface area contributed by atoms with Gasteiger partial charge in [0.1, 0.15) is 6.61 Å². The van der Waals surface area contributed by atoms with E-state index in [1.807, 2.05) is 0 Å². The summed E-state index contributed by atoms with van der Waals surface area (Å²) in [7, 11) is 0. The monoisotopic (exact) mass is 357 g/mol. The van der Waals surface area contributed by atoms with E-state index in [0.717, 1.165) is 31.4 Å². The summed E-state index contributed by atoms with van der Waals surface area (Å²) in [6.45, 7) is -0.0839. The first-order chi connectivity index (χ1) is 12.1. The van der Waals surface area contributed by atoms with Gasteiger partial charge < -0.3 is 9.94 Å². The van der Waals surface area contributed by atoms with Gasteiger partial charge in [0.25, 0.3) is 5.56 Å². The number of aromatic nitrogens is 3. The zero-order valence-corrected chi connectivity index (χ0v) is 14.1. The van der Waals surface area contributed by atoms with Gasteiger partial charge in [-0.15, -0.1) is 11.3 Å². The number of hydrogen-bond donors (Lipinski definition) is 0. The molecule has 0 N–H and O–H groups in total. The Kier molecular flexibility index (Phi) is 3.96. The van der Waals surface area contributed by atoms with Crippen molar-refractivity contribution in [1.29, 1.82) is 0 Å². The molecule has 128 valence electrons. The zero-order valence-electron chi connectivity index (χ0n) is 13.3. The van der Waals surface area contributed by atoms with Gasteiger partial charge in [0.15, 0.2) is 17.4 Å². The van der Waals surface area contributed by atoms with Crippen LogP contribution in [0.2, 0.25) is 0 Å². The Balaban J connectivity index is 1.57. The van der Waals surface area contributed by atoms with E-state index in [2.05, 4.69) is 4.98 Å². The minimum atomic E-state index is -0.562. The standard InChI is InChI=1S/C17H15N3O4S/c21-15-9-12(10-24-16(22)11-5-7-19(23)8-6-11)18-17-20(15)13-3-1-2-4-14(13)25-17/h5-9H,1-4,10H2. The maximum atomic E-state index is 12.4. The first-order valence-corrected chi connectivity index (χ1v) is 8.82. The number of carbonyl (C=O) groups is 1. The number of rotatable bonds is 3. The van der Waals surface area contributed by atoms with E-state index in [1.54, 1.807) is 4.40 Å². The van der Waals surface area contributed by atoms with E-state index in [-0.39, 0.29) is 17.7 Å². The fourth-order valence-corrected chi connectivity index (χ4v) is 4.22. The van der Waals surface area contributed by atoms with Gasteiger partial charge in [0.2, 0.25) is 0 Å². The van der Waals surface area contributed by atoms with Crippen LogP contribution < -0.4 is 10.3 Å². The Morgan fingerprint density at radius 1 is 1.32 bits per heavy atom. The number of esters is 1. The molecule has 0 aliphatic heterocycles. The second-order valence-electron chi connectivity index (χ2n) is 5.91. The normalized spacial score (nSPS) is 13.6. The molecule has 8 heteroatoms. The van der Waals surface area contributed by atoms with Crippen LogP contribution in [0.15, 0.2) is 35.4 Å². The number of hydrogen-bond acceptors (Lipinski definition) is 6. The van der Waals surface area contributed by atoms with Crippen LogP contribution in [-0.2, 0) is 24.2 Å². The third-order valence-electron chi connectivity index (χ3n) is 4.20. The molecular formula is C17H15N3O4S. The lowest BCUT2D eigenvalue weighted by Gasteiger charge is -2.10. The average molecular weight is 357 g/mol. The summed E-state index contributed by atoms with van der Waals surface area (Å²) in [5.41, 5.74) is 1.63. The predicted octanol–water partition coefficient (Wildman–Crippen LogP) is 1.63. The minimum Gasteiger partial charge on any atom is -0.619 e. The van der Waals surface area contributed by atoms with Crippen molar-refractivity contribution in [3.8, 4) is 0 Å². The van der Waals surface area contributed by atoms with E-state index in [4.69, 9.17) is 4.74 Å². The summed E-state index contributed by atoms with van der Waals surface area (Å²) in [6.07, 6.45) is 6.57. The van der Waals surface area contributed by atoms with Crippen molar-refractivity contribution in [3.63, 3.8) is 0 Å². The highest BCUT2D eigenvalue weighted by molar-refractivity contribution is 7.17.